The van der Waals surface area contributed by atoms with Crippen LogP contribution in [0.25, 0.3) is 0 Å². The highest BCUT2D eigenvalue weighted by Gasteiger charge is 2.12. The summed E-state index contributed by atoms with van der Waals surface area (Å²) in [6, 6.07) is 5.01. The van der Waals surface area contributed by atoms with E-state index in [1.807, 2.05) is 6.07 Å². The average molecular weight is 208 g/mol. The standard InChI is InChI=1S/C10H13FN4/c11-9-5-8(6-12)1-2-10(9)15-4-3-13-7-14-15/h1-2,5,7H,3-4,6,12H2,(H,13,14). The zero-order chi connectivity index (χ0) is 10.7. The number of benzene rings is 1. The summed E-state index contributed by atoms with van der Waals surface area (Å²) in [6.45, 7) is 1.69. The fourth-order valence-electron chi connectivity index (χ4n) is 1.48. The molecule has 4 nitrogen and oxygen atoms in total. The molecule has 0 aliphatic carbocycles. The summed E-state index contributed by atoms with van der Waals surface area (Å²) in [5, 5.41) is 1.72. The Bertz CT molecular complexity index is 378. The maximum Gasteiger partial charge on any atom is 0.148 e. The van der Waals surface area contributed by atoms with Gasteiger partial charge in [0.2, 0.25) is 0 Å². The number of anilines is 1. The molecule has 2 rings (SSSR count). The quantitative estimate of drug-likeness (QED) is 0.749. The lowest BCUT2D eigenvalue weighted by molar-refractivity contribution is 0.607. The van der Waals surface area contributed by atoms with Gasteiger partial charge in [-0.05, 0) is 17.7 Å². The molecule has 1 aliphatic heterocycles. The number of nitrogens with zero attached hydrogens (tertiary/aromatic N) is 2. The molecule has 1 aliphatic rings. The molecule has 0 spiro atoms. The zero-order valence-electron chi connectivity index (χ0n) is 8.28. The van der Waals surface area contributed by atoms with Crippen LogP contribution in [0.4, 0.5) is 10.1 Å². The van der Waals surface area contributed by atoms with Gasteiger partial charge in [0.05, 0.1) is 18.8 Å². The first-order chi connectivity index (χ1) is 7.31. The molecular weight excluding hydrogens is 195 g/mol. The lowest BCUT2D eigenvalue weighted by atomic mass is 10.2. The highest BCUT2D eigenvalue weighted by Crippen LogP contribution is 2.19. The molecule has 0 saturated heterocycles. The molecule has 0 saturated carbocycles. The Morgan fingerprint density at radius 3 is 3.00 bits per heavy atom. The van der Waals surface area contributed by atoms with Crippen LogP contribution in [-0.4, -0.2) is 19.4 Å². The van der Waals surface area contributed by atoms with E-state index in [2.05, 4.69) is 10.4 Å². The van der Waals surface area contributed by atoms with Gasteiger partial charge in [-0.15, -0.1) is 0 Å². The van der Waals surface area contributed by atoms with Crippen molar-refractivity contribution in [3.63, 3.8) is 0 Å². The van der Waals surface area contributed by atoms with Crippen LogP contribution in [-0.2, 0) is 6.54 Å². The van der Waals surface area contributed by atoms with Gasteiger partial charge in [0, 0.05) is 6.54 Å². The molecule has 0 amide bonds. The van der Waals surface area contributed by atoms with Crippen molar-refractivity contribution in [1.82, 2.24) is 5.43 Å². The molecule has 5 heteroatoms. The van der Waals surface area contributed by atoms with E-state index in [9.17, 15) is 4.39 Å². The largest absolute Gasteiger partial charge is 0.326 e. The zero-order valence-corrected chi connectivity index (χ0v) is 8.28. The number of rotatable bonds is 2. The van der Waals surface area contributed by atoms with E-state index < -0.39 is 0 Å². The molecule has 0 bridgehead atoms. The van der Waals surface area contributed by atoms with Gasteiger partial charge in [-0.2, -0.15) is 0 Å². The Morgan fingerprint density at radius 2 is 2.40 bits per heavy atom. The third-order valence-corrected chi connectivity index (χ3v) is 2.30. The van der Waals surface area contributed by atoms with E-state index in [4.69, 9.17) is 5.73 Å². The fourth-order valence-corrected chi connectivity index (χ4v) is 1.48. The first kappa shape index (κ1) is 9.92. The number of hydrazine groups is 1. The Kier molecular flexibility index (Phi) is 2.82. The number of nitrogens with two attached hydrogens (primary N) is 1. The monoisotopic (exact) mass is 208 g/mol. The molecule has 0 aromatic heterocycles. The third-order valence-electron chi connectivity index (χ3n) is 2.30. The van der Waals surface area contributed by atoms with E-state index in [-0.39, 0.29) is 5.82 Å². The van der Waals surface area contributed by atoms with Gasteiger partial charge in [-0.3, -0.25) is 15.4 Å². The maximum atomic E-state index is 13.6. The van der Waals surface area contributed by atoms with E-state index in [1.54, 1.807) is 17.4 Å². The van der Waals surface area contributed by atoms with E-state index in [1.165, 1.54) is 6.07 Å². The predicted octanol–water partition coefficient (Wildman–Crippen LogP) is 0.637. The second-order valence-corrected chi connectivity index (χ2v) is 3.31. The number of nitrogens with one attached hydrogen (secondary N) is 1. The summed E-state index contributed by atoms with van der Waals surface area (Å²) in [6.07, 6.45) is 1.57. The van der Waals surface area contributed by atoms with Gasteiger partial charge < -0.3 is 5.73 Å². The minimum absolute atomic E-state index is 0.263. The van der Waals surface area contributed by atoms with E-state index in [0.29, 0.717) is 25.3 Å². The minimum Gasteiger partial charge on any atom is -0.326 e. The van der Waals surface area contributed by atoms with Crippen LogP contribution in [0.15, 0.2) is 23.2 Å². The summed E-state index contributed by atoms with van der Waals surface area (Å²) in [7, 11) is 0. The summed E-state index contributed by atoms with van der Waals surface area (Å²) >= 11 is 0. The summed E-state index contributed by atoms with van der Waals surface area (Å²) in [4.78, 5) is 4.00. The van der Waals surface area contributed by atoms with Crippen LogP contribution in [0.3, 0.4) is 0 Å². The minimum atomic E-state index is -0.263. The van der Waals surface area contributed by atoms with Gasteiger partial charge in [-0.1, -0.05) is 6.07 Å². The molecule has 80 valence electrons. The smallest absolute Gasteiger partial charge is 0.148 e. The van der Waals surface area contributed by atoms with Gasteiger partial charge in [0.1, 0.15) is 12.2 Å². The maximum absolute atomic E-state index is 13.6. The summed E-state index contributed by atoms with van der Waals surface area (Å²) < 4.78 is 13.6. The van der Waals surface area contributed by atoms with E-state index in [0.717, 1.165) is 5.56 Å². The number of aliphatic imine (C=N–C) groups is 1. The normalized spacial score (nSPS) is 15.2. The van der Waals surface area contributed by atoms with Crippen molar-refractivity contribution in [3.05, 3.63) is 29.6 Å². The van der Waals surface area contributed by atoms with Crippen LogP contribution in [0.2, 0.25) is 0 Å². The average Bonchev–Trinajstić information content (AvgIpc) is 2.30. The van der Waals surface area contributed by atoms with Crippen molar-refractivity contribution < 1.29 is 4.39 Å². The first-order valence-electron chi connectivity index (χ1n) is 4.82. The second kappa shape index (κ2) is 4.27. The van der Waals surface area contributed by atoms with Crippen LogP contribution >= 0.6 is 0 Å². The topological polar surface area (TPSA) is 53.6 Å². The van der Waals surface area contributed by atoms with Gasteiger partial charge in [0.15, 0.2) is 0 Å². The van der Waals surface area contributed by atoms with Crippen LogP contribution in [0, 0.1) is 5.82 Å². The number of halogens is 1. The summed E-state index contributed by atoms with van der Waals surface area (Å²) in [5.74, 6) is -0.263. The van der Waals surface area contributed by atoms with Crippen molar-refractivity contribution in [2.75, 3.05) is 18.1 Å². The number of hydrogen-bond donors (Lipinski definition) is 2. The predicted molar refractivity (Wildman–Crippen MR) is 58.1 cm³/mol. The fraction of sp³-hybridized carbons (Fsp3) is 0.300. The van der Waals surface area contributed by atoms with Crippen molar-refractivity contribution >= 4 is 12.0 Å². The Hall–Kier alpha value is -1.62. The highest BCUT2D eigenvalue weighted by molar-refractivity contribution is 5.61. The molecule has 0 fully saturated rings. The molecule has 1 aromatic carbocycles. The van der Waals surface area contributed by atoms with Gasteiger partial charge >= 0.3 is 0 Å². The Morgan fingerprint density at radius 1 is 1.53 bits per heavy atom. The lowest BCUT2D eigenvalue weighted by Gasteiger charge is -2.26. The Balaban J connectivity index is 2.24. The van der Waals surface area contributed by atoms with Crippen molar-refractivity contribution in [3.8, 4) is 0 Å². The second-order valence-electron chi connectivity index (χ2n) is 3.31. The molecule has 15 heavy (non-hydrogen) atoms. The first-order valence-corrected chi connectivity index (χ1v) is 4.82. The van der Waals surface area contributed by atoms with Gasteiger partial charge in [0.25, 0.3) is 0 Å². The molecule has 0 radical (unpaired) electrons. The third kappa shape index (κ3) is 2.07. The van der Waals surface area contributed by atoms with Gasteiger partial charge in [-0.25, -0.2) is 4.39 Å². The van der Waals surface area contributed by atoms with Crippen LogP contribution in [0.1, 0.15) is 5.56 Å². The van der Waals surface area contributed by atoms with Crippen molar-refractivity contribution in [2.24, 2.45) is 10.7 Å². The highest BCUT2D eigenvalue weighted by atomic mass is 19.1. The van der Waals surface area contributed by atoms with Crippen LogP contribution in [0.5, 0.6) is 0 Å². The molecule has 1 heterocycles. The van der Waals surface area contributed by atoms with E-state index >= 15 is 0 Å². The Labute approximate surface area is 87.6 Å². The molecule has 3 N–H and O–H groups in total. The lowest BCUT2D eigenvalue weighted by Crippen LogP contribution is -2.42. The van der Waals surface area contributed by atoms with Crippen LogP contribution < -0.4 is 16.2 Å². The molecule has 1 aromatic rings. The summed E-state index contributed by atoms with van der Waals surface area (Å²) in [5.41, 5.74) is 9.63. The molecular formula is C10H13FN4. The molecule has 0 unspecified atom stereocenters. The van der Waals surface area contributed by atoms with Crippen molar-refractivity contribution in [2.45, 2.75) is 6.54 Å². The SMILES string of the molecule is NCc1ccc(N2CCN=CN2)c(F)c1. The molecule has 0 atom stereocenters. The number of hydrogen-bond acceptors (Lipinski definition) is 4. The van der Waals surface area contributed by atoms with Crippen molar-refractivity contribution in [1.29, 1.82) is 0 Å².